The molecular weight excluding hydrogens is 182 g/mol. The minimum Gasteiger partial charge on any atom is -0.396 e. The molecule has 0 spiro atoms. The number of hydrogen-bond donors (Lipinski definition) is 1. The number of carbonyl (C=O) groups is 2. The van der Waals surface area contributed by atoms with Crippen LogP contribution in [0.3, 0.4) is 0 Å². The molecule has 4 nitrogen and oxygen atoms in total. The fourth-order valence-electron chi connectivity index (χ4n) is 1.23. The lowest BCUT2D eigenvalue weighted by atomic mass is 10.2. The van der Waals surface area contributed by atoms with Crippen LogP contribution in [0.5, 0.6) is 0 Å². The normalized spacial score (nSPS) is 10.4. The summed E-state index contributed by atoms with van der Waals surface area (Å²) in [6.45, 7) is 5.78. The maximum Gasteiger partial charge on any atom is 0.230 e. The summed E-state index contributed by atoms with van der Waals surface area (Å²) in [5.41, 5.74) is 0. The highest BCUT2D eigenvalue weighted by atomic mass is 16.3. The minimum absolute atomic E-state index is 0.0381. The van der Waals surface area contributed by atoms with E-state index in [9.17, 15) is 9.59 Å². The van der Waals surface area contributed by atoms with Crippen LogP contribution in [0, 0.1) is 0 Å². The molecule has 0 aromatic rings. The van der Waals surface area contributed by atoms with Crippen LogP contribution in [0.4, 0.5) is 0 Å². The Morgan fingerprint density at radius 1 is 1.36 bits per heavy atom. The zero-order chi connectivity index (χ0) is 11.1. The molecule has 82 valence electrons. The van der Waals surface area contributed by atoms with Crippen molar-refractivity contribution in [2.75, 3.05) is 13.2 Å². The van der Waals surface area contributed by atoms with Crippen molar-refractivity contribution in [3.05, 3.63) is 0 Å². The largest absolute Gasteiger partial charge is 0.396 e. The number of ketones is 1. The first-order valence-corrected chi connectivity index (χ1v) is 4.88. The predicted octanol–water partition coefficient (Wildman–Crippen LogP) is 0.585. The Morgan fingerprint density at radius 2 is 1.93 bits per heavy atom. The van der Waals surface area contributed by atoms with Gasteiger partial charge in [0.15, 0.2) is 0 Å². The van der Waals surface area contributed by atoms with E-state index >= 15 is 0 Å². The maximum absolute atomic E-state index is 11.5. The van der Waals surface area contributed by atoms with Crippen LogP contribution < -0.4 is 0 Å². The van der Waals surface area contributed by atoms with E-state index in [1.807, 2.05) is 13.8 Å². The van der Waals surface area contributed by atoms with E-state index in [2.05, 4.69) is 0 Å². The average molecular weight is 201 g/mol. The first kappa shape index (κ1) is 13.1. The fourth-order valence-corrected chi connectivity index (χ4v) is 1.23. The van der Waals surface area contributed by atoms with Gasteiger partial charge in [0.2, 0.25) is 5.91 Å². The van der Waals surface area contributed by atoms with E-state index in [1.165, 1.54) is 6.92 Å². The smallest absolute Gasteiger partial charge is 0.230 e. The van der Waals surface area contributed by atoms with E-state index in [1.54, 1.807) is 4.90 Å². The van der Waals surface area contributed by atoms with Gasteiger partial charge in [-0.25, -0.2) is 0 Å². The number of hydrogen-bond acceptors (Lipinski definition) is 3. The monoisotopic (exact) mass is 201 g/mol. The number of Topliss-reactive ketones (excluding diaryl/α,β-unsaturated/α-hetero) is 1. The Morgan fingerprint density at radius 3 is 2.29 bits per heavy atom. The number of aliphatic hydroxyl groups is 1. The molecule has 0 aliphatic carbocycles. The highest BCUT2D eigenvalue weighted by Crippen LogP contribution is 2.03. The van der Waals surface area contributed by atoms with Crippen molar-refractivity contribution in [3.8, 4) is 0 Å². The summed E-state index contributed by atoms with van der Waals surface area (Å²) in [5.74, 6) is -0.273. The lowest BCUT2D eigenvalue weighted by Crippen LogP contribution is -2.38. The maximum atomic E-state index is 11.5. The van der Waals surface area contributed by atoms with Crippen LogP contribution in [-0.4, -0.2) is 40.9 Å². The highest BCUT2D eigenvalue weighted by Gasteiger charge is 2.17. The van der Waals surface area contributed by atoms with Gasteiger partial charge in [0, 0.05) is 19.2 Å². The fraction of sp³-hybridized carbons (Fsp3) is 0.800. The van der Waals surface area contributed by atoms with Gasteiger partial charge in [-0.1, -0.05) is 0 Å². The molecule has 0 unspecified atom stereocenters. The quantitative estimate of drug-likeness (QED) is 0.640. The molecule has 14 heavy (non-hydrogen) atoms. The summed E-state index contributed by atoms with van der Waals surface area (Å²) in [7, 11) is 0. The van der Waals surface area contributed by atoms with Crippen molar-refractivity contribution in [1.82, 2.24) is 4.90 Å². The number of amides is 1. The molecule has 0 bridgehead atoms. The molecule has 0 aliphatic rings. The standard InChI is InChI=1S/C10H19NO3/c1-8(2)11(5-4-6-12)10(14)7-9(3)13/h8,12H,4-7H2,1-3H3. The van der Waals surface area contributed by atoms with E-state index in [4.69, 9.17) is 5.11 Å². The molecule has 0 radical (unpaired) electrons. The van der Waals surface area contributed by atoms with E-state index in [0.29, 0.717) is 13.0 Å². The minimum atomic E-state index is -0.152. The van der Waals surface area contributed by atoms with Crippen LogP contribution in [-0.2, 0) is 9.59 Å². The van der Waals surface area contributed by atoms with Gasteiger partial charge in [-0.15, -0.1) is 0 Å². The lowest BCUT2D eigenvalue weighted by Gasteiger charge is -2.26. The van der Waals surface area contributed by atoms with Gasteiger partial charge in [0.05, 0.1) is 6.42 Å². The van der Waals surface area contributed by atoms with Crippen LogP contribution >= 0.6 is 0 Å². The van der Waals surface area contributed by atoms with E-state index < -0.39 is 0 Å². The van der Waals surface area contributed by atoms with Gasteiger partial charge in [0.1, 0.15) is 5.78 Å². The number of nitrogens with zero attached hydrogens (tertiary/aromatic N) is 1. The van der Waals surface area contributed by atoms with Crippen molar-refractivity contribution >= 4 is 11.7 Å². The second kappa shape index (κ2) is 6.54. The molecule has 0 fully saturated rings. The first-order chi connectivity index (χ1) is 6.49. The van der Waals surface area contributed by atoms with Gasteiger partial charge < -0.3 is 10.0 Å². The van der Waals surface area contributed by atoms with Crippen LogP contribution in [0.25, 0.3) is 0 Å². The number of carbonyl (C=O) groups excluding carboxylic acids is 2. The van der Waals surface area contributed by atoms with Crippen molar-refractivity contribution in [1.29, 1.82) is 0 Å². The Kier molecular flexibility index (Phi) is 6.12. The molecule has 0 aromatic carbocycles. The summed E-state index contributed by atoms with van der Waals surface area (Å²) in [4.78, 5) is 23.9. The molecule has 0 heterocycles. The highest BCUT2D eigenvalue weighted by molar-refractivity contribution is 5.96. The third kappa shape index (κ3) is 4.97. The van der Waals surface area contributed by atoms with Crippen LogP contribution in [0.2, 0.25) is 0 Å². The Balaban J connectivity index is 4.18. The van der Waals surface area contributed by atoms with Gasteiger partial charge in [0.25, 0.3) is 0 Å². The molecule has 0 rings (SSSR count). The van der Waals surface area contributed by atoms with Crippen molar-refractivity contribution in [2.45, 2.75) is 39.7 Å². The van der Waals surface area contributed by atoms with Crippen LogP contribution in [0.1, 0.15) is 33.6 Å². The first-order valence-electron chi connectivity index (χ1n) is 4.88. The molecule has 0 aliphatic heterocycles. The van der Waals surface area contributed by atoms with Gasteiger partial charge in [-0.2, -0.15) is 0 Å². The Hall–Kier alpha value is -0.900. The van der Waals surface area contributed by atoms with Crippen molar-refractivity contribution in [3.63, 3.8) is 0 Å². The summed E-state index contributed by atoms with van der Waals surface area (Å²) in [5, 5.41) is 8.66. The molecule has 4 heteroatoms. The van der Waals surface area contributed by atoms with Gasteiger partial charge in [-0.05, 0) is 27.2 Å². The molecule has 0 aromatic heterocycles. The molecule has 1 amide bonds. The lowest BCUT2D eigenvalue weighted by molar-refractivity contribution is -0.136. The number of aliphatic hydroxyl groups excluding tert-OH is 1. The predicted molar refractivity (Wildman–Crippen MR) is 53.8 cm³/mol. The molecule has 0 saturated carbocycles. The average Bonchev–Trinajstić information content (AvgIpc) is 2.02. The van der Waals surface area contributed by atoms with Gasteiger partial charge >= 0.3 is 0 Å². The zero-order valence-corrected chi connectivity index (χ0v) is 9.12. The van der Waals surface area contributed by atoms with Crippen molar-refractivity contribution < 1.29 is 14.7 Å². The van der Waals surface area contributed by atoms with Crippen molar-refractivity contribution in [2.24, 2.45) is 0 Å². The van der Waals surface area contributed by atoms with Gasteiger partial charge in [-0.3, -0.25) is 9.59 Å². The second-order valence-corrected chi connectivity index (χ2v) is 3.64. The molecule has 1 N–H and O–H groups in total. The van der Waals surface area contributed by atoms with E-state index in [-0.39, 0.29) is 30.8 Å². The summed E-state index contributed by atoms with van der Waals surface area (Å²) in [6, 6.07) is 0.0772. The SMILES string of the molecule is CC(=O)CC(=O)N(CCCO)C(C)C. The zero-order valence-electron chi connectivity index (χ0n) is 9.12. The Bertz CT molecular complexity index is 202. The number of rotatable bonds is 6. The summed E-state index contributed by atoms with van der Waals surface area (Å²) < 4.78 is 0. The van der Waals surface area contributed by atoms with Crippen LogP contribution in [0.15, 0.2) is 0 Å². The molecular formula is C10H19NO3. The summed E-state index contributed by atoms with van der Waals surface area (Å²) >= 11 is 0. The molecule has 0 atom stereocenters. The Labute approximate surface area is 84.9 Å². The summed E-state index contributed by atoms with van der Waals surface area (Å²) in [6.07, 6.45) is 0.519. The van der Waals surface area contributed by atoms with E-state index in [0.717, 1.165) is 0 Å². The third-order valence-electron chi connectivity index (χ3n) is 1.90. The third-order valence-corrected chi connectivity index (χ3v) is 1.90. The second-order valence-electron chi connectivity index (χ2n) is 3.64. The topological polar surface area (TPSA) is 57.6 Å². The molecule has 0 saturated heterocycles.